The van der Waals surface area contributed by atoms with E-state index in [0.717, 1.165) is 42.5 Å². The smallest absolute Gasteiger partial charge is 0.124 e. The van der Waals surface area contributed by atoms with Crippen LogP contribution in [0.1, 0.15) is 18.4 Å². The summed E-state index contributed by atoms with van der Waals surface area (Å²) in [4.78, 5) is 0. The van der Waals surface area contributed by atoms with Gasteiger partial charge in [-0.1, -0.05) is 22.0 Å². The molecule has 1 fully saturated rings. The van der Waals surface area contributed by atoms with E-state index < -0.39 is 0 Å². The number of rotatable bonds is 3. The van der Waals surface area contributed by atoms with Crippen molar-refractivity contribution in [1.29, 1.82) is 0 Å². The molecule has 0 aliphatic carbocycles. The summed E-state index contributed by atoms with van der Waals surface area (Å²) in [5, 5.41) is 0. The molecule has 1 saturated heterocycles. The molecule has 4 heteroatoms. The number of hydrogen-bond acceptors (Lipinski definition) is 2. The van der Waals surface area contributed by atoms with Crippen LogP contribution in [0.2, 0.25) is 0 Å². The van der Waals surface area contributed by atoms with Gasteiger partial charge in [0, 0.05) is 17.7 Å². The van der Waals surface area contributed by atoms with E-state index in [4.69, 9.17) is 10.5 Å². The van der Waals surface area contributed by atoms with E-state index in [1.54, 1.807) is 0 Å². The predicted molar refractivity (Wildman–Crippen MR) is 69.3 cm³/mol. The zero-order valence-corrected chi connectivity index (χ0v) is 11.3. The van der Waals surface area contributed by atoms with Crippen LogP contribution in [0.15, 0.2) is 22.7 Å². The number of nitrogens with two attached hydrogens (primary N) is 1. The van der Waals surface area contributed by atoms with Gasteiger partial charge in [0.2, 0.25) is 0 Å². The van der Waals surface area contributed by atoms with Crippen molar-refractivity contribution in [3.8, 4) is 0 Å². The minimum atomic E-state index is -0.214. The first-order valence-electron chi connectivity index (χ1n) is 5.87. The van der Waals surface area contributed by atoms with Crippen LogP contribution < -0.4 is 5.73 Å². The van der Waals surface area contributed by atoms with E-state index in [1.165, 1.54) is 12.1 Å². The average Bonchev–Trinajstić information content (AvgIpc) is 2.34. The lowest BCUT2D eigenvalue weighted by atomic mass is 9.75. The second-order valence-corrected chi connectivity index (χ2v) is 5.58. The minimum Gasteiger partial charge on any atom is -0.381 e. The Morgan fingerprint density at radius 3 is 2.65 bits per heavy atom. The Morgan fingerprint density at radius 2 is 2.06 bits per heavy atom. The molecule has 0 bridgehead atoms. The zero-order chi connectivity index (χ0) is 12.3. The lowest BCUT2D eigenvalue weighted by Gasteiger charge is -2.36. The van der Waals surface area contributed by atoms with Crippen molar-refractivity contribution >= 4 is 15.9 Å². The highest BCUT2D eigenvalue weighted by atomic mass is 79.9. The quantitative estimate of drug-likeness (QED) is 0.932. The third-order valence-electron chi connectivity index (χ3n) is 3.57. The largest absolute Gasteiger partial charge is 0.381 e. The van der Waals surface area contributed by atoms with Crippen molar-refractivity contribution in [3.63, 3.8) is 0 Å². The molecule has 1 aromatic rings. The fourth-order valence-electron chi connectivity index (χ4n) is 2.33. The topological polar surface area (TPSA) is 35.2 Å². The maximum Gasteiger partial charge on any atom is 0.124 e. The first kappa shape index (κ1) is 13.0. The molecule has 0 unspecified atom stereocenters. The van der Waals surface area contributed by atoms with Crippen LogP contribution in [-0.4, -0.2) is 19.8 Å². The molecule has 0 amide bonds. The number of benzene rings is 1. The molecule has 0 aromatic heterocycles. The van der Waals surface area contributed by atoms with Crippen molar-refractivity contribution in [1.82, 2.24) is 0 Å². The highest BCUT2D eigenvalue weighted by Crippen LogP contribution is 2.35. The normalized spacial score (nSPS) is 19.2. The molecule has 2 nitrogen and oxygen atoms in total. The van der Waals surface area contributed by atoms with Gasteiger partial charge in [0.15, 0.2) is 0 Å². The van der Waals surface area contributed by atoms with Gasteiger partial charge in [-0.25, -0.2) is 4.39 Å². The van der Waals surface area contributed by atoms with Crippen LogP contribution in [0, 0.1) is 11.2 Å². The molecular weight excluding hydrogens is 285 g/mol. The zero-order valence-electron chi connectivity index (χ0n) is 9.72. The van der Waals surface area contributed by atoms with Crippen molar-refractivity contribution in [2.24, 2.45) is 11.1 Å². The van der Waals surface area contributed by atoms with Gasteiger partial charge in [-0.15, -0.1) is 0 Å². The molecular formula is C13H17BrFNO. The van der Waals surface area contributed by atoms with E-state index in [0.29, 0.717) is 6.54 Å². The lowest BCUT2D eigenvalue weighted by molar-refractivity contribution is 0.0190. The third kappa shape index (κ3) is 3.06. The predicted octanol–water partition coefficient (Wildman–Crippen LogP) is 2.89. The standard InChI is InChI=1S/C13H17BrFNO/c14-12-7-11(15)2-1-10(12)8-13(9-16)3-5-17-6-4-13/h1-2,7H,3-6,8-9,16H2. The fourth-order valence-corrected chi connectivity index (χ4v) is 2.82. The summed E-state index contributed by atoms with van der Waals surface area (Å²) in [6.45, 7) is 2.20. The summed E-state index contributed by atoms with van der Waals surface area (Å²) in [5.41, 5.74) is 7.15. The molecule has 0 radical (unpaired) electrons. The maximum atomic E-state index is 13.0. The Morgan fingerprint density at radius 1 is 1.35 bits per heavy atom. The lowest BCUT2D eigenvalue weighted by Crippen LogP contribution is -2.38. The first-order valence-corrected chi connectivity index (χ1v) is 6.66. The highest BCUT2D eigenvalue weighted by Gasteiger charge is 2.31. The van der Waals surface area contributed by atoms with Crippen LogP contribution in [-0.2, 0) is 11.2 Å². The van der Waals surface area contributed by atoms with Gasteiger partial charge in [0.1, 0.15) is 5.82 Å². The Labute approximate surface area is 109 Å². The van der Waals surface area contributed by atoms with Gasteiger partial charge < -0.3 is 10.5 Å². The summed E-state index contributed by atoms with van der Waals surface area (Å²) in [5.74, 6) is -0.214. The Balaban J connectivity index is 2.17. The maximum absolute atomic E-state index is 13.0. The number of hydrogen-bond donors (Lipinski definition) is 1. The molecule has 1 heterocycles. The Kier molecular flexibility index (Phi) is 4.17. The van der Waals surface area contributed by atoms with E-state index >= 15 is 0 Å². The number of halogens is 2. The summed E-state index contributed by atoms with van der Waals surface area (Å²) in [6.07, 6.45) is 2.84. The van der Waals surface area contributed by atoms with Crippen LogP contribution >= 0.6 is 15.9 Å². The molecule has 94 valence electrons. The van der Waals surface area contributed by atoms with Gasteiger partial charge in [0.25, 0.3) is 0 Å². The molecule has 0 spiro atoms. The van der Waals surface area contributed by atoms with Crippen LogP contribution in [0.4, 0.5) is 4.39 Å². The summed E-state index contributed by atoms with van der Waals surface area (Å²) < 4.78 is 19.2. The molecule has 1 aliphatic heterocycles. The van der Waals surface area contributed by atoms with Crippen LogP contribution in [0.3, 0.4) is 0 Å². The summed E-state index contributed by atoms with van der Waals surface area (Å²) in [7, 11) is 0. The summed E-state index contributed by atoms with van der Waals surface area (Å²) >= 11 is 3.42. The Hall–Kier alpha value is -0.450. The molecule has 2 N–H and O–H groups in total. The van der Waals surface area contributed by atoms with E-state index in [-0.39, 0.29) is 11.2 Å². The molecule has 1 aromatic carbocycles. The van der Waals surface area contributed by atoms with E-state index in [9.17, 15) is 4.39 Å². The van der Waals surface area contributed by atoms with Gasteiger partial charge in [-0.3, -0.25) is 0 Å². The second-order valence-electron chi connectivity index (χ2n) is 4.73. The SMILES string of the molecule is NCC1(Cc2ccc(F)cc2Br)CCOCC1. The Bertz CT molecular complexity index is 391. The molecule has 17 heavy (non-hydrogen) atoms. The van der Waals surface area contributed by atoms with Crippen molar-refractivity contribution < 1.29 is 9.13 Å². The van der Waals surface area contributed by atoms with E-state index in [2.05, 4.69) is 15.9 Å². The van der Waals surface area contributed by atoms with E-state index in [1.807, 2.05) is 6.07 Å². The second kappa shape index (κ2) is 5.46. The highest BCUT2D eigenvalue weighted by molar-refractivity contribution is 9.10. The molecule has 2 rings (SSSR count). The fraction of sp³-hybridized carbons (Fsp3) is 0.538. The van der Waals surface area contributed by atoms with Crippen molar-refractivity contribution in [2.45, 2.75) is 19.3 Å². The van der Waals surface area contributed by atoms with Crippen LogP contribution in [0.5, 0.6) is 0 Å². The van der Waals surface area contributed by atoms with Gasteiger partial charge in [-0.2, -0.15) is 0 Å². The molecule has 1 aliphatic rings. The third-order valence-corrected chi connectivity index (χ3v) is 4.31. The monoisotopic (exact) mass is 301 g/mol. The van der Waals surface area contributed by atoms with Crippen LogP contribution in [0.25, 0.3) is 0 Å². The molecule has 0 saturated carbocycles. The number of ether oxygens (including phenoxy) is 1. The van der Waals surface area contributed by atoms with Gasteiger partial charge in [0.05, 0.1) is 0 Å². The van der Waals surface area contributed by atoms with Gasteiger partial charge in [-0.05, 0) is 48.9 Å². The van der Waals surface area contributed by atoms with Gasteiger partial charge >= 0.3 is 0 Å². The molecule has 0 atom stereocenters. The van der Waals surface area contributed by atoms with Crippen molar-refractivity contribution in [2.75, 3.05) is 19.8 Å². The summed E-state index contributed by atoms with van der Waals surface area (Å²) in [6, 6.07) is 4.86. The average molecular weight is 302 g/mol. The first-order chi connectivity index (χ1) is 8.15. The van der Waals surface area contributed by atoms with Crippen molar-refractivity contribution in [3.05, 3.63) is 34.1 Å². The minimum absolute atomic E-state index is 0.110.